The summed E-state index contributed by atoms with van der Waals surface area (Å²) in [5, 5.41) is 10.8. The van der Waals surface area contributed by atoms with Gasteiger partial charge < -0.3 is 5.11 Å². The minimum atomic E-state index is 0.0521. The largest absolute Gasteiger partial charge is 0.390 e. The Labute approximate surface area is 35.0 Å². The van der Waals surface area contributed by atoms with Crippen LogP contribution in [0.3, 0.4) is 0 Å². The van der Waals surface area contributed by atoms with Gasteiger partial charge in [-0.05, 0) is 5.53 Å². The summed E-state index contributed by atoms with van der Waals surface area (Å²) in [7, 11) is 0. The van der Waals surface area contributed by atoms with Gasteiger partial charge in [0.15, 0.2) is 0 Å². The van der Waals surface area contributed by atoms with Crippen molar-refractivity contribution in [3.63, 3.8) is 0 Å². The summed E-state index contributed by atoms with van der Waals surface area (Å²) in [5.74, 6) is 0. The van der Waals surface area contributed by atoms with Gasteiger partial charge in [-0.3, -0.25) is 0 Å². The van der Waals surface area contributed by atoms with Gasteiger partial charge in [0, 0.05) is 4.91 Å². The second kappa shape index (κ2) is 4.27. The number of hydrogen-bond acceptors (Lipinski definition) is 2. The van der Waals surface area contributed by atoms with Crippen LogP contribution in [0.5, 0.6) is 0 Å². The van der Waals surface area contributed by atoms with Crippen LogP contribution in [0.25, 0.3) is 10.4 Å². The lowest BCUT2D eigenvalue weighted by molar-refractivity contribution is 0.390. The predicted molar refractivity (Wildman–Crippen MR) is 20.2 cm³/mol. The van der Waals surface area contributed by atoms with E-state index in [1.807, 2.05) is 0 Å². The summed E-state index contributed by atoms with van der Waals surface area (Å²) >= 11 is 0. The van der Waals surface area contributed by atoms with E-state index in [0.717, 1.165) is 6.61 Å². The van der Waals surface area contributed by atoms with E-state index >= 15 is 0 Å². The van der Waals surface area contributed by atoms with Gasteiger partial charge in [0.1, 0.15) is 0 Å². The number of azide groups is 1. The van der Waals surface area contributed by atoms with E-state index in [4.69, 9.17) is 10.6 Å². The van der Waals surface area contributed by atoms with E-state index in [1.165, 1.54) is 0 Å². The maximum atomic E-state index is 7.81. The van der Waals surface area contributed by atoms with Gasteiger partial charge in [-0.15, -0.1) is 0 Å². The quantitative estimate of drug-likeness (QED) is 0.302. The summed E-state index contributed by atoms with van der Waals surface area (Å²) in [6, 6.07) is 0. The number of hydrogen-bond donors (Lipinski definition) is 1. The van der Waals surface area contributed by atoms with Crippen molar-refractivity contribution >= 4 is 0 Å². The van der Waals surface area contributed by atoms with Crippen LogP contribution in [-0.4, -0.2) is 11.7 Å². The molecule has 0 bridgehead atoms. The van der Waals surface area contributed by atoms with Gasteiger partial charge >= 0.3 is 0 Å². The van der Waals surface area contributed by atoms with Crippen molar-refractivity contribution in [2.24, 2.45) is 5.11 Å². The Balaban J connectivity index is 2.86. The second-order valence-electron chi connectivity index (χ2n) is 0.596. The fourth-order valence-electron chi connectivity index (χ4n) is 0.0730. The molecule has 4 nitrogen and oxygen atoms in total. The Bertz CT molecular complexity index is 65.2. The van der Waals surface area contributed by atoms with Crippen LogP contribution in [0.4, 0.5) is 0 Å². The van der Waals surface area contributed by atoms with Crippen LogP contribution in [0, 0.1) is 6.61 Å². The molecule has 0 saturated carbocycles. The molecule has 0 rings (SSSR count). The summed E-state index contributed by atoms with van der Waals surface area (Å²) in [4.78, 5) is 2.36. The van der Waals surface area contributed by atoms with E-state index in [0.29, 0.717) is 0 Å². The van der Waals surface area contributed by atoms with Crippen molar-refractivity contribution in [3.05, 3.63) is 17.0 Å². The summed E-state index contributed by atoms with van der Waals surface area (Å²) in [6.45, 7) is 0.843. The Kier molecular flexibility index (Phi) is 3.75. The lowest BCUT2D eigenvalue weighted by Gasteiger charge is -1.71. The van der Waals surface area contributed by atoms with Crippen LogP contribution in [0.15, 0.2) is 5.11 Å². The van der Waals surface area contributed by atoms with E-state index in [-0.39, 0.29) is 6.54 Å². The SMILES string of the molecule is [N-]=[N+]=NC[CH]O. The zero-order valence-corrected chi connectivity index (χ0v) is 3.07. The Morgan fingerprint density at radius 1 is 2.00 bits per heavy atom. The molecule has 1 N–H and O–H groups in total. The van der Waals surface area contributed by atoms with Crippen LogP contribution < -0.4 is 0 Å². The highest BCUT2D eigenvalue weighted by atomic mass is 16.3. The molecule has 0 aromatic heterocycles. The summed E-state index contributed by atoms with van der Waals surface area (Å²) in [5.41, 5.74) is 7.52. The minimum absolute atomic E-state index is 0.0521. The number of aliphatic hydroxyl groups is 1. The molecule has 0 unspecified atom stereocenters. The van der Waals surface area contributed by atoms with Crippen LogP contribution in [0.1, 0.15) is 0 Å². The van der Waals surface area contributed by atoms with Crippen LogP contribution in [-0.2, 0) is 0 Å². The van der Waals surface area contributed by atoms with Gasteiger partial charge in [-0.25, -0.2) is 0 Å². The molecule has 0 aliphatic rings. The van der Waals surface area contributed by atoms with Crippen molar-refractivity contribution < 1.29 is 5.11 Å². The fraction of sp³-hybridized carbons (Fsp3) is 0.500. The average Bonchev–Trinajstić information content (AvgIpc) is 1.61. The molecule has 6 heavy (non-hydrogen) atoms. The Hall–Kier alpha value is -0.730. The third-order valence-electron chi connectivity index (χ3n) is 0.227. The first-order chi connectivity index (χ1) is 2.91. The van der Waals surface area contributed by atoms with Gasteiger partial charge in [0.25, 0.3) is 0 Å². The molecule has 0 atom stereocenters. The maximum Gasteiger partial charge on any atom is 0.0856 e. The Morgan fingerprint density at radius 2 is 2.67 bits per heavy atom. The van der Waals surface area contributed by atoms with Crippen molar-refractivity contribution in [3.8, 4) is 0 Å². The van der Waals surface area contributed by atoms with Gasteiger partial charge in [0.05, 0.1) is 13.2 Å². The average molecular weight is 86.1 g/mol. The van der Waals surface area contributed by atoms with Crippen LogP contribution in [0.2, 0.25) is 0 Å². The van der Waals surface area contributed by atoms with Crippen molar-refractivity contribution in [1.29, 1.82) is 0 Å². The molecule has 33 valence electrons. The minimum Gasteiger partial charge on any atom is -0.390 e. The summed E-state index contributed by atoms with van der Waals surface area (Å²) in [6.07, 6.45) is 0. The zero-order valence-electron chi connectivity index (χ0n) is 3.07. The molecular weight excluding hydrogens is 82.0 g/mol. The van der Waals surface area contributed by atoms with Gasteiger partial charge in [0.2, 0.25) is 0 Å². The first kappa shape index (κ1) is 5.27. The molecule has 0 spiro atoms. The second-order valence-corrected chi connectivity index (χ2v) is 0.596. The highest BCUT2D eigenvalue weighted by Gasteiger charge is 1.68. The molecule has 0 aliphatic carbocycles. The van der Waals surface area contributed by atoms with Crippen molar-refractivity contribution in [1.82, 2.24) is 0 Å². The lowest BCUT2D eigenvalue weighted by atomic mass is 10.8. The predicted octanol–water partition coefficient (Wildman–Crippen LogP) is 0.831. The normalized spacial score (nSPS) is 6.83. The number of nitrogens with zero attached hydrogens (tertiary/aromatic N) is 3. The molecule has 0 aliphatic heterocycles. The number of aliphatic hydroxyl groups excluding tert-OH is 1. The molecule has 4 heteroatoms. The zero-order chi connectivity index (χ0) is 4.83. The van der Waals surface area contributed by atoms with Gasteiger partial charge in [-0.1, -0.05) is 5.11 Å². The first-order valence-electron chi connectivity index (χ1n) is 1.38. The van der Waals surface area contributed by atoms with E-state index in [9.17, 15) is 0 Å². The first-order valence-corrected chi connectivity index (χ1v) is 1.38. The third-order valence-corrected chi connectivity index (χ3v) is 0.227. The van der Waals surface area contributed by atoms with E-state index in [2.05, 4.69) is 10.0 Å². The molecule has 0 saturated heterocycles. The highest BCUT2D eigenvalue weighted by molar-refractivity contribution is 4.50. The van der Waals surface area contributed by atoms with Crippen molar-refractivity contribution in [2.45, 2.75) is 0 Å². The molecule has 0 aromatic rings. The molecule has 0 heterocycles. The van der Waals surface area contributed by atoms with E-state index in [1.54, 1.807) is 0 Å². The Morgan fingerprint density at radius 3 is 2.83 bits per heavy atom. The smallest absolute Gasteiger partial charge is 0.0856 e. The fourth-order valence-corrected chi connectivity index (χ4v) is 0.0730. The molecule has 0 aromatic carbocycles. The maximum absolute atomic E-state index is 7.81. The third kappa shape index (κ3) is 3.27. The summed E-state index contributed by atoms with van der Waals surface area (Å²) < 4.78 is 0. The number of rotatable bonds is 2. The molecule has 0 amide bonds. The van der Waals surface area contributed by atoms with Crippen molar-refractivity contribution in [2.75, 3.05) is 6.54 Å². The molecular formula is C2H4N3O. The highest BCUT2D eigenvalue weighted by Crippen LogP contribution is 1.69. The standard InChI is InChI=1S/C2H4N3O/c3-5-4-1-2-6/h2,6H,1H2. The lowest BCUT2D eigenvalue weighted by Crippen LogP contribution is -1.72. The monoisotopic (exact) mass is 86.0 g/mol. The van der Waals surface area contributed by atoms with Gasteiger partial charge in [-0.2, -0.15) is 0 Å². The van der Waals surface area contributed by atoms with Crippen LogP contribution >= 0.6 is 0 Å². The molecule has 0 fully saturated rings. The van der Waals surface area contributed by atoms with E-state index < -0.39 is 0 Å². The molecule has 1 radical (unpaired) electrons. The topological polar surface area (TPSA) is 69.0 Å².